The SMILES string of the molecule is Cc1cc(C)cc(N=S=O)c1. The second-order valence-electron chi connectivity index (χ2n) is 2.51. The normalized spacial score (nSPS) is 9.27. The molecule has 0 amide bonds. The highest BCUT2D eigenvalue weighted by atomic mass is 32.1. The van der Waals surface area contributed by atoms with Crippen molar-refractivity contribution < 1.29 is 4.21 Å². The van der Waals surface area contributed by atoms with Crippen molar-refractivity contribution in [3.05, 3.63) is 29.3 Å². The first kappa shape index (κ1) is 8.14. The molecule has 0 saturated carbocycles. The lowest BCUT2D eigenvalue weighted by Crippen LogP contribution is -1.74. The molecule has 0 heterocycles. The van der Waals surface area contributed by atoms with Crippen molar-refractivity contribution in [3.8, 4) is 0 Å². The summed E-state index contributed by atoms with van der Waals surface area (Å²) >= 11 is 0.247. The van der Waals surface area contributed by atoms with E-state index < -0.39 is 0 Å². The summed E-state index contributed by atoms with van der Waals surface area (Å²) < 4.78 is 13.8. The van der Waals surface area contributed by atoms with Crippen molar-refractivity contribution in [1.29, 1.82) is 0 Å². The molecule has 0 spiro atoms. The van der Waals surface area contributed by atoms with Gasteiger partial charge >= 0.3 is 0 Å². The summed E-state index contributed by atoms with van der Waals surface area (Å²) in [6.45, 7) is 3.98. The van der Waals surface area contributed by atoms with E-state index in [9.17, 15) is 4.21 Å². The van der Waals surface area contributed by atoms with E-state index in [4.69, 9.17) is 0 Å². The van der Waals surface area contributed by atoms with Crippen LogP contribution in [-0.2, 0) is 11.5 Å². The minimum Gasteiger partial charge on any atom is -0.191 e. The Balaban J connectivity index is 3.18. The molecule has 1 aromatic carbocycles. The summed E-state index contributed by atoms with van der Waals surface area (Å²) in [4.78, 5) is 0. The minimum atomic E-state index is 0.247. The molecule has 0 fully saturated rings. The van der Waals surface area contributed by atoms with E-state index in [1.807, 2.05) is 26.0 Å². The lowest BCUT2D eigenvalue weighted by molar-refractivity contribution is 0.698. The molecule has 0 aliphatic rings. The van der Waals surface area contributed by atoms with E-state index in [1.54, 1.807) is 0 Å². The van der Waals surface area contributed by atoms with Crippen molar-refractivity contribution >= 4 is 17.2 Å². The predicted octanol–water partition coefficient (Wildman–Crippen LogP) is 2.33. The van der Waals surface area contributed by atoms with Crippen LogP contribution >= 0.6 is 0 Å². The highest BCUT2D eigenvalue weighted by Crippen LogP contribution is 2.15. The second-order valence-corrected chi connectivity index (χ2v) is 2.84. The molecular formula is C8H9NOS. The quantitative estimate of drug-likeness (QED) is 0.631. The van der Waals surface area contributed by atoms with Gasteiger partial charge in [0.05, 0.1) is 5.69 Å². The van der Waals surface area contributed by atoms with Gasteiger partial charge in [0.2, 0.25) is 11.5 Å². The minimum absolute atomic E-state index is 0.247. The molecule has 0 bridgehead atoms. The third kappa shape index (κ3) is 2.27. The average molecular weight is 167 g/mol. The van der Waals surface area contributed by atoms with E-state index in [2.05, 4.69) is 10.4 Å². The molecule has 0 saturated heterocycles. The summed E-state index contributed by atoms with van der Waals surface area (Å²) in [5.41, 5.74) is 3.03. The average Bonchev–Trinajstić information content (AvgIpc) is 1.85. The van der Waals surface area contributed by atoms with Gasteiger partial charge in [0.1, 0.15) is 0 Å². The predicted molar refractivity (Wildman–Crippen MR) is 46.1 cm³/mol. The summed E-state index contributed by atoms with van der Waals surface area (Å²) in [5.74, 6) is 0. The second kappa shape index (κ2) is 3.44. The van der Waals surface area contributed by atoms with Crippen molar-refractivity contribution in [2.45, 2.75) is 13.8 Å². The Labute approximate surface area is 69.5 Å². The van der Waals surface area contributed by atoms with Gasteiger partial charge in [-0.3, -0.25) is 0 Å². The van der Waals surface area contributed by atoms with Crippen LogP contribution in [0.5, 0.6) is 0 Å². The first-order chi connectivity index (χ1) is 5.22. The highest BCUT2D eigenvalue weighted by molar-refractivity contribution is 7.54. The zero-order valence-corrected chi connectivity index (χ0v) is 7.31. The van der Waals surface area contributed by atoms with Crippen LogP contribution in [0.15, 0.2) is 22.6 Å². The molecule has 0 aromatic heterocycles. The molecule has 0 unspecified atom stereocenters. The van der Waals surface area contributed by atoms with Gasteiger partial charge in [-0.05, 0) is 37.1 Å². The zero-order chi connectivity index (χ0) is 8.27. The Morgan fingerprint density at radius 3 is 2.18 bits per heavy atom. The Morgan fingerprint density at radius 1 is 1.18 bits per heavy atom. The number of rotatable bonds is 1. The monoisotopic (exact) mass is 167 g/mol. The molecule has 58 valence electrons. The van der Waals surface area contributed by atoms with Gasteiger partial charge in [-0.2, -0.15) is 8.57 Å². The van der Waals surface area contributed by atoms with Crippen LogP contribution in [0.4, 0.5) is 5.69 Å². The Morgan fingerprint density at radius 2 is 1.73 bits per heavy atom. The van der Waals surface area contributed by atoms with E-state index in [-0.39, 0.29) is 11.5 Å². The third-order valence-electron chi connectivity index (χ3n) is 1.35. The largest absolute Gasteiger partial charge is 0.205 e. The number of benzene rings is 1. The maximum absolute atomic E-state index is 10.1. The van der Waals surface area contributed by atoms with Crippen LogP contribution in [-0.4, -0.2) is 4.21 Å². The fourth-order valence-electron chi connectivity index (χ4n) is 1.05. The molecule has 1 rings (SSSR count). The summed E-state index contributed by atoms with van der Waals surface area (Å²) in [6, 6.07) is 5.82. The smallest absolute Gasteiger partial charge is 0.191 e. The van der Waals surface area contributed by atoms with Crippen LogP contribution in [0.2, 0.25) is 0 Å². The van der Waals surface area contributed by atoms with Crippen LogP contribution in [0, 0.1) is 13.8 Å². The maximum atomic E-state index is 10.1. The van der Waals surface area contributed by atoms with Gasteiger partial charge in [-0.1, -0.05) is 6.07 Å². The first-order valence-electron chi connectivity index (χ1n) is 3.30. The van der Waals surface area contributed by atoms with Crippen molar-refractivity contribution in [1.82, 2.24) is 0 Å². The van der Waals surface area contributed by atoms with Crippen molar-refractivity contribution in [3.63, 3.8) is 0 Å². The van der Waals surface area contributed by atoms with E-state index >= 15 is 0 Å². The third-order valence-corrected chi connectivity index (χ3v) is 1.63. The van der Waals surface area contributed by atoms with Gasteiger partial charge in [0.25, 0.3) is 0 Å². The Kier molecular flexibility index (Phi) is 2.54. The van der Waals surface area contributed by atoms with Crippen LogP contribution in [0.3, 0.4) is 0 Å². The lowest BCUT2D eigenvalue weighted by Gasteiger charge is -1.96. The number of nitrogens with zero attached hydrogens (tertiary/aromatic N) is 1. The Bertz CT molecular complexity index is 296. The first-order valence-corrected chi connectivity index (χ1v) is 4.00. The van der Waals surface area contributed by atoms with E-state index in [0.29, 0.717) is 0 Å². The maximum Gasteiger partial charge on any atom is 0.205 e. The lowest BCUT2D eigenvalue weighted by atomic mass is 10.1. The van der Waals surface area contributed by atoms with Gasteiger partial charge in [0, 0.05) is 0 Å². The van der Waals surface area contributed by atoms with Crippen LogP contribution in [0.1, 0.15) is 11.1 Å². The molecule has 3 heteroatoms. The van der Waals surface area contributed by atoms with Gasteiger partial charge in [0.15, 0.2) is 0 Å². The van der Waals surface area contributed by atoms with E-state index in [1.165, 1.54) is 0 Å². The standard InChI is InChI=1S/C8H9NOS/c1-6-3-7(2)5-8(4-6)9-11-10/h3-5H,1-2H3. The molecule has 0 atom stereocenters. The van der Waals surface area contributed by atoms with Crippen molar-refractivity contribution in [2.24, 2.45) is 4.36 Å². The van der Waals surface area contributed by atoms with Crippen LogP contribution in [0.25, 0.3) is 0 Å². The fraction of sp³-hybridized carbons (Fsp3) is 0.250. The number of hydrogen-bond acceptors (Lipinski definition) is 2. The molecule has 0 aliphatic carbocycles. The molecule has 0 N–H and O–H groups in total. The molecule has 0 radical (unpaired) electrons. The summed E-state index contributed by atoms with van der Waals surface area (Å²) in [7, 11) is 0. The molecule has 1 aromatic rings. The number of aryl methyl sites for hydroxylation is 2. The topological polar surface area (TPSA) is 29.4 Å². The summed E-state index contributed by atoms with van der Waals surface area (Å²) in [6.07, 6.45) is 0. The van der Waals surface area contributed by atoms with Gasteiger partial charge in [-0.15, -0.1) is 0 Å². The van der Waals surface area contributed by atoms with Gasteiger partial charge in [-0.25, -0.2) is 0 Å². The van der Waals surface area contributed by atoms with E-state index in [0.717, 1.165) is 16.8 Å². The summed E-state index contributed by atoms with van der Waals surface area (Å²) in [5, 5.41) is 0. The molecule has 11 heavy (non-hydrogen) atoms. The Hall–Kier alpha value is -0.960. The zero-order valence-electron chi connectivity index (χ0n) is 6.50. The van der Waals surface area contributed by atoms with Crippen molar-refractivity contribution in [2.75, 3.05) is 0 Å². The molecule has 2 nitrogen and oxygen atoms in total. The number of hydrogen-bond donors (Lipinski definition) is 0. The fourth-order valence-corrected chi connectivity index (χ4v) is 1.24. The van der Waals surface area contributed by atoms with Crippen LogP contribution < -0.4 is 0 Å². The molecule has 0 aliphatic heterocycles. The van der Waals surface area contributed by atoms with Gasteiger partial charge < -0.3 is 0 Å². The molecular weight excluding hydrogens is 158 g/mol. The highest BCUT2D eigenvalue weighted by Gasteiger charge is 1.91.